The second kappa shape index (κ2) is 2.81. The van der Waals surface area contributed by atoms with Gasteiger partial charge in [-0.2, -0.15) is 0 Å². The highest BCUT2D eigenvalue weighted by molar-refractivity contribution is 8.07. The van der Waals surface area contributed by atoms with Crippen molar-refractivity contribution in [3.63, 3.8) is 0 Å². The van der Waals surface area contributed by atoms with Gasteiger partial charge >= 0.3 is 0 Å². The lowest BCUT2D eigenvalue weighted by Gasteiger charge is -3.64. The normalized spacial score (nSPS) is 131. The van der Waals surface area contributed by atoms with Crippen LogP contribution in [-0.4, -0.2) is 7.57 Å². The smallest absolute Gasteiger partial charge is 0.0948 e. The van der Waals surface area contributed by atoms with Crippen molar-refractivity contribution in [1.82, 2.24) is 0 Å². The van der Waals surface area contributed by atoms with Gasteiger partial charge in [0.1, 0.15) is 0 Å². The van der Waals surface area contributed by atoms with E-state index < -0.39 is 0 Å². The van der Waals surface area contributed by atoms with Crippen LogP contribution < -0.4 is 0 Å². The minimum Gasteiger partial charge on any atom is -0.0948 e. The first-order chi connectivity index (χ1) is 23.8. The summed E-state index contributed by atoms with van der Waals surface area (Å²) in [4.78, 5) is 0. The molecule has 2 radical (unpaired) electrons. The van der Waals surface area contributed by atoms with Crippen molar-refractivity contribution in [1.29, 1.82) is 0 Å². The molecule has 0 bridgehead atoms. The summed E-state index contributed by atoms with van der Waals surface area (Å²) in [5.74, 6) is 27.8. The van der Waals surface area contributed by atoms with Gasteiger partial charge in [0.15, 0.2) is 7.57 Å². The summed E-state index contributed by atoms with van der Waals surface area (Å²) in [5.41, 5.74) is 23.8. The second-order valence-electron chi connectivity index (χ2n) is 29.1. The molecule has 32 aliphatic carbocycles. The van der Waals surface area contributed by atoms with Crippen LogP contribution in [0.25, 0.3) is 0 Å². The molecule has 28 atom stereocenters. The molecule has 32 saturated carbocycles. The van der Waals surface area contributed by atoms with Gasteiger partial charge in [0.05, 0.1) is 0 Å². The Labute approximate surface area is 283 Å². The second-order valence-corrected chi connectivity index (χ2v) is 30.0. The topological polar surface area (TPSA) is 0 Å². The van der Waals surface area contributed by atoms with E-state index in [2.05, 4.69) is 19.4 Å². The van der Waals surface area contributed by atoms with Crippen molar-refractivity contribution in [2.24, 2.45) is 232 Å². The number of rotatable bonds is 0. The first kappa shape index (κ1) is 17.8. The molecule has 32 fully saturated rings. The van der Waals surface area contributed by atoms with E-state index in [1.54, 1.807) is 0 Å². The third kappa shape index (κ3) is 0.406. The molecular formula is C45H28BPS. The summed E-state index contributed by atoms with van der Waals surface area (Å²) < 4.78 is 0. The first-order valence-corrected chi connectivity index (χ1v) is 24.8. The molecule has 0 aromatic carbocycles. The highest BCUT2D eigenvalue weighted by Gasteiger charge is 3.66. The monoisotopic (exact) mass is 642 g/mol. The molecule has 32 rings (SSSR count). The van der Waals surface area contributed by atoms with Crippen LogP contribution in [0.15, 0.2) is 0 Å². The average molecular weight is 643 g/mol. The Kier molecular flexibility index (Phi) is 1.04. The lowest BCUT2D eigenvalue weighted by molar-refractivity contribution is -1.20. The molecule has 0 N–H and O–H groups in total. The van der Waals surface area contributed by atoms with E-state index in [0.29, 0.717) is 7.23 Å². The third-order valence-electron chi connectivity index (χ3n) is 38.8. The van der Waals surface area contributed by atoms with Gasteiger partial charge in [-0.3, -0.25) is 0 Å². The molecule has 0 nitrogen and oxygen atoms in total. The zero-order valence-electron chi connectivity index (χ0n) is 26.3. The zero-order valence-corrected chi connectivity index (χ0v) is 28.0. The van der Waals surface area contributed by atoms with Crippen LogP contribution in [-0.2, 0) is 11.8 Å². The van der Waals surface area contributed by atoms with E-state index in [9.17, 15) is 0 Å². The maximum Gasteiger partial charge on any atom is 0.167 e. The Bertz CT molecular complexity index is 2590. The Morgan fingerprint density at radius 1 is 0.312 bits per heavy atom. The minimum absolute atomic E-state index is 0.500. The van der Waals surface area contributed by atoms with Crippen LogP contribution in [0.1, 0.15) is 25.7 Å². The van der Waals surface area contributed by atoms with Gasteiger partial charge in [-0.15, -0.1) is 0 Å². The Hall–Kier alpha value is 0.585. The van der Waals surface area contributed by atoms with Crippen LogP contribution in [0.2, 0.25) is 0 Å². The molecule has 0 aromatic rings. The summed E-state index contributed by atoms with van der Waals surface area (Å²) in [6.07, 6.45) is 7.33. The van der Waals surface area contributed by atoms with Crippen LogP contribution in [0.4, 0.5) is 0 Å². The summed E-state index contributed by atoms with van der Waals surface area (Å²) in [5, 5.41) is 0. The Balaban J connectivity index is 0.000000619. The lowest BCUT2D eigenvalue weighted by Crippen LogP contribution is -3.63. The van der Waals surface area contributed by atoms with Crippen LogP contribution in [0.3, 0.4) is 0 Å². The minimum atomic E-state index is 0.500. The summed E-state index contributed by atoms with van der Waals surface area (Å²) in [7, 11) is 5.13. The number of fused-ring (bicyclic) bond motifs is 16. The third-order valence-corrected chi connectivity index (χ3v) is 38.8. The van der Waals surface area contributed by atoms with Crippen molar-refractivity contribution >= 4 is 26.6 Å². The van der Waals surface area contributed by atoms with Crippen LogP contribution in [0.5, 0.6) is 0 Å². The fourth-order valence-corrected chi connectivity index (χ4v) is 49.2. The predicted octanol–water partition coefficient (Wildman–Crippen LogP) is 4.50. The molecular weight excluding hydrogens is 614 g/mol. The van der Waals surface area contributed by atoms with Crippen molar-refractivity contribution in [2.45, 2.75) is 25.7 Å². The van der Waals surface area contributed by atoms with E-state index in [-0.39, 0.29) is 0 Å². The molecule has 0 heterocycles. The van der Waals surface area contributed by atoms with Gasteiger partial charge in [-0.25, -0.2) is 0 Å². The maximum atomic E-state index is 4.63. The molecule has 32 aliphatic rings. The fourth-order valence-electron chi connectivity index (χ4n) is 49.2. The summed E-state index contributed by atoms with van der Waals surface area (Å²) in [6, 6.07) is 0. The molecule has 28 unspecified atom stereocenters. The van der Waals surface area contributed by atoms with Crippen molar-refractivity contribution in [2.75, 3.05) is 0 Å². The molecule has 0 amide bonds. The molecule has 3 heteroatoms. The molecule has 21 spiro atoms. The van der Waals surface area contributed by atoms with Crippen molar-refractivity contribution in [3.05, 3.63) is 0 Å². The molecule has 0 aliphatic heterocycles. The summed E-state index contributed by atoms with van der Waals surface area (Å²) in [6.45, 7) is 0. The summed E-state index contributed by atoms with van der Waals surface area (Å²) >= 11 is 4.14. The van der Waals surface area contributed by atoms with E-state index in [4.69, 9.17) is 0 Å². The van der Waals surface area contributed by atoms with Gasteiger partial charge in [0.2, 0.25) is 0 Å². The van der Waals surface area contributed by atoms with Crippen LogP contribution in [0, 0.1) is 232 Å². The number of hydrogen-bond donors (Lipinski definition) is 0. The SMILES string of the molecule is C1C2C3C4CC5C6C7C8C9C%10C%11CC%12C%13C%14CC%15C%16C%17C%18C%19C%20C1C21C32C45C63C74C85C96C%107C%12%11C%138C%14%15C%169C%17%10C%18%11C%19%12C%201C23C%124C%115C%106C897.[B]P=S. The van der Waals surface area contributed by atoms with Gasteiger partial charge in [0.25, 0.3) is 0 Å². The average Bonchev–Trinajstić information content (AvgIpc) is 2.94. The molecule has 48 heavy (non-hydrogen) atoms. The van der Waals surface area contributed by atoms with Crippen molar-refractivity contribution in [3.8, 4) is 0 Å². The Morgan fingerprint density at radius 2 is 0.542 bits per heavy atom. The van der Waals surface area contributed by atoms with Gasteiger partial charge in [-0.1, -0.05) is 19.0 Å². The lowest BCUT2D eigenvalue weighted by atomic mass is 8.38. The standard InChI is InChI=1S/C45H28.BPS/c1-5-13-6-2-10-16-21-24-22-18-12-4-8-14-7-3-11-17-20-23-19-15-9(1)25(5)29(13)26(6,10)32(16)37(21)40(24)38(22)34(18)28(8,12)30(14)27(7,11)33(17)36(20)39(23)35(19)31(15,25)41(29,32)43(35,37)45(39,40)44(36,38)42(30,33)34;1-2-3/h5-24H,1-4H2;. The van der Waals surface area contributed by atoms with E-state index in [0.717, 1.165) is 114 Å². The Morgan fingerprint density at radius 3 is 0.854 bits per heavy atom. The highest BCUT2D eigenvalue weighted by Crippen LogP contribution is 3.67. The van der Waals surface area contributed by atoms with Crippen LogP contribution >= 0.6 is 7.23 Å². The largest absolute Gasteiger partial charge is 0.167 e. The van der Waals surface area contributed by atoms with Crippen molar-refractivity contribution < 1.29 is 0 Å². The van der Waals surface area contributed by atoms with E-state index in [1.165, 1.54) is 118 Å². The quantitative estimate of drug-likeness (QED) is 0.277. The van der Waals surface area contributed by atoms with Gasteiger partial charge in [0, 0.05) is 0 Å². The molecule has 0 aromatic heterocycles. The first-order valence-electron chi connectivity index (χ1n) is 22.8. The fraction of sp³-hybridized carbons (Fsp3) is 1.00. The zero-order chi connectivity index (χ0) is 27.6. The molecule has 0 saturated heterocycles. The molecule has 222 valence electrons. The number of hydrogen-bond acceptors (Lipinski definition) is 1. The predicted molar refractivity (Wildman–Crippen MR) is 159 cm³/mol. The highest BCUT2D eigenvalue weighted by atomic mass is 32.4. The van der Waals surface area contributed by atoms with E-state index >= 15 is 0 Å². The van der Waals surface area contributed by atoms with E-state index in [1.807, 2.05) is 25.7 Å². The van der Waals surface area contributed by atoms with Gasteiger partial charge < -0.3 is 0 Å². The maximum absolute atomic E-state index is 4.63. The van der Waals surface area contributed by atoms with Gasteiger partial charge in [-0.05, 0) is 258 Å².